The molecule has 1 aliphatic rings. The standard InChI is InChI=1S/C19H23N3O4S/c1-5-8-27-19-21-18(24)16-13(10-15(23)20-17(16)22(19)2)12-9-11(25-3)6-7-14(12)26-4/h6-7,9,13H,5,8,10H2,1-4H3,(H,20,23)/t13-/m0/s1. The Morgan fingerprint density at radius 2 is 2.07 bits per heavy atom. The fourth-order valence-electron chi connectivity index (χ4n) is 3.24. The van der Waals surface area contributed by atoms with E-state index >= 15 is 0 Å². The average Bonchev–Trinajstić information content (AvgIpc) is 2.68. The molecule has 1 aromatic heterocycles. The first-order chi connectivity index (χ1) is 13.0. The zero-order valence-electron chi connectivity index (χ0n) is 15.9. The van der Waals surface area contributed by atoms with E-state index in [2.05, 4.69) is 17.2 Å². The van der Waals surface area contributed by atoms with Gasteiger partial charge in [-0.25, -0.2) is 0 Å². The molecule has 27 heavy (non-hydrogen) atoms. The lowest BCUT2D eigenvalue weighted by molar-refractivity contribution is -0.116. The van der Waals surface area contributed by atoms with Crippen LogP contribution in [0, 0.1) is 0 Å². The second-order valence-electron chi connectivity index (χ2n) is 6.28. The summed E-state index contributed by atoms with van der Waals surface area (Å²) in [5.41, 5.74) is 0.891. The van der Waals surface area contributed by atoms with E-state index in [4.69, 9.17) is 9.47 Å². The lowest BCUT2D eigenvalue weighted by atomic mass is 9.86. The minimum Gasteiger partial charge on any atom is -0.497 e. The predicted octanol–water partition coefficient (Wildman–Crippen LogP) is 2.77. The Labute approximate surface area is 162 Å². The van der Waals surface area contributed by atoms with Crippen molar-refractivity contribution in [1.82, 2.24) is 9.55 Å². The van der Waals surface area contributed by atoms with Crippen molar-refractivity contribution in [3.63, 3.8) is 0 Å². The molecule has 1 atom stereocenters. The van der Waals surface area contributed by atoms with Gasteiger partial charge in [-0.05, 0) is 24.6 Å². The molecule has 1 N–H and O–H groups in total. The number of ether oxygens (including phenoxy) is 2. The molecule has 1 aromatic carbocycles. The Hall–Kier alpha value is -2.48. The van der Waals surface area contributed by atoms with E-state index in [-0.39, 0.29) is 17.9 Å². The number of methoxy groups -OCH3 is 2. The first kappa shape index (κ1) is 19.3. The number of fused-ring (bicyclic) bond motifs is 1. The first-order valence-electron chi connectivity index (χ1n) is 8.75. The van der Waals surface area contributed by atoms with Gasteiger partial charge < -0.3 is 19.4 Å². The molecule has 3 rings (SSSR count). The molecule has 0 bridgehead atoms. The summed E-state index contributed by atoms with van der Waals surface area (Å²) in [5.74, 6) is 1.99. The topological polar surface area (TPSA) is 82.5 Å². The molecule has 0 unspecified atom stereocenters. The highest BCUT2D eigenvalue weighted by molar-refractivity contribution is 7.99. The van der Waals surface area contributed by atoms with Crippen LogP contribution in [0.4, 0.5) is 5.82 Å². The van der Waals surface area contributed by atoms with Gasteiger partial charge in [0.05, 0.1) is 19.8 Å². The number of benzene rings is 1. The number of nitrogens with one attached hydrogen (secondary N) is 1. The van der Waals surface area contributed by atoms with Crippen LogP contribution in [-0.4, -0.2) is 35.4 Å². The van der Waals surface area contributed by atoms with Crippen molar-refractivity contribution in [1.29, 1.82) is 0 Å². The molecule has 7 nitrogen and oxygen atoms in total. The molecule has 0 aliphatic carbocycles. The fourth-order valence-corrected chi connectivity index (χ4v) is 4.05. The Morgan fingerprint density at radius 3 is 2.74 bits per heavy atom. The Kier molecular flexibility index (Phi) is 5.74. The molecule has 0 radical (unpaired) electrons. The third kappa shape index (κ3) is 3.66. The van der Waals surface area contributed by atoms with Gasteiger partial charge in [0.2, 0.25) is 5.91 Å². The quantitative estimate of drug-likeness (QED) is 0.604. The largest absolute Gasteiger partial charge is 0.497 e. The van der Waals surface area contributed by atoms with Crippen LogP contribution in [0.25, 0.3) is 0 Å². The normalized spacial score (nSPS) is 15.9. The third-order valence-electron chi connectivity index (χ3n) is 4.55. The monoisotopic (exact) mass is 389 g/mol. The van der Waals surface area contributed by atoms with Crippen molar-refractivity contribution in [3.8, 4) is 11.5 Å². The van der Waals surface area contributed by atoms with Gasteiger partial charge in [0.15, 0.2) is 5.16 Å². The number of amides is 1. The molecule has 0 saturated heterocycles. The van der Waals surface area contributed by atoms with Crippen LogP contribution in [0.2, 0.25) is 0 Å². The third-order valence-corrected chi connectivity index (χ3v) is 5.78. The lowest BCUT2D eigenvalue weighted by Gasteiger charge is -2.28. The van der Waals surface area contributed by atoms with Gasteiger partial charge in [-0.2, -0.15) is 4.98 Å². The maximum absolute atomic E-state index is 12.9. The van der Waals surface area contributed by atoms with E-state index in [1.165, 1.54) is 11.8 Å². The van der Waals surface area contributed by atoms with E-state index in [0.717, 1.165) is 17.7 Å². The van der Waals surface area contributed by atoms with Crippen LogP contribution in [0.3, 0.4) is 0 Å². The second kappa shape index (κ2) is 8.04. The summed E-state index contributed by atoms with van der Waals surface area (Å²) in [5, 5.41) is 3.45. The molecular formula is C19H23N3O4S. The first-order valence-corrected chi connectivity index (χ1v) is 9.74. The van der Waals surface area contributed by atoms with E-state index in [9.17, 15) is 9.59 Å². The number of carbonyl (C=O) groups excluding carboxylic acids is 1. The SMILES string of the molecule is CCCSc1nc(=O)c2c(n1C)NC(=O)C[C@H]2c1cc(OC)ccc1OC. The molecule has 8 heteroatoms. The molecule has 144 valence electrons. The smallest absolute Gasteiger partial charge is 0.279 e. The van der Waals surface area contributed by atoms with Crippen LogP contribution in [-0.2, 0) is 11.8 Å². The van der Waals surface area contributed by atoms with E-state index in [1.54, 1.807) is 30.9 Å². The highest BCUT2D eigenvalue weighted by Crippen LogP contribution is 2.40. The second-order valence-corrected chi connectivity index (χ2v) is 7.34. The average molecular weight is 389 g/mol. The van der Waals surface area contributed by atoms with E-state index in [0.29, 0.717) is 28.0 Å². The summed E-state index contributed by atoms with van der Waals surface area (Å²) >= 11 is 1.50. The van der Waals surface area contributed by atoms with E-state index in [1.807, 2.05) is 13.1 Å². The van der Waals surface area contributed by atoms with E-state index < -0.39 is 5.92 Å². The minimum atomic E-state index is -0.449. The molecule has 2 aromatic rings. The van der Waals surface area contributed by atoms with Crippen molar-refractivity contribution in [2.75, 3.05) is 25.3 Å². The van der Waals surface area contributed by atoms with Crippen LogP contribution in [0.15, 0.2) is 28.2 Å². The number of anilines is 1. The van der Waals surface area contributed by atoms with Gasteiger partial charge in [-0.15, -0.1) is 0 Å². The molecule has 0 saturated carbocycles. The number of carbonyl (C=O) groups is 1. The number of rotatable bonds is 6. The molecule has 1 aliphatic heterocycles. The molecule has 0 fully saturated rings. The number of hydrogen-bond donors (Lipinski definition) is 1. The maximum Gasteiger partial charge on any atom is 0.279 e. The summed E-state index contributed by atoms with van der Waals surface area (Å²) in [6.45, 7) is 2.07. The zero-order valence-corrected chi connectivity index (χ0v) is 16.7. The summed E-state index contributed by atoms with van der Waals surface area (Å²) in [7, 11) is 4.95. The summed E-state index contributed by atoms with van der Waals surface area (Å²) in [6.07, 6.45) is 1.11. The summed E-state index contributed by atoms with van der Waals surface area (Å²) in [4.78, 5) is 29.6. The Balaban J connectivity index is 2.19. The molecule has 2 heterocycles. The van der Waals surface area contributed by atoms with Crippen molar-refractivity contribution in [3.05, 3.63) is 39.7 Å². The van der Waals surface area contributed by atoms with Crippen molar-refractivity contribution in [2.45, 2.75) is 30.8 Å². The number of nitrogens with zero attached hydrogens (tertiary/aromatic N) is 2. The van der Waals surface area contributed by atoms with Gasteiger partial charge >= 0.3 is 0 Å². The van der Waals surface area contributed by atoms with Gasteiger partial charge in [0, 0.05) is 30.7 Å². The van der Waals surface area contributed by atoms with Crippen LogP contribution in [0.1, 0.15) is 36.8 Å². The van der Waals surface area contributed by atoms with Crippen LogP contribution >= 0.6 is 11.8 Å². The zero-order chi connectivity index (χ0) is 19.6. The van der Waals surface area contributed by atoms with Gasteiger partial charge in [0.25, 0.3) is 5.56 Å². The van der Waals surface area contributed by atoms with Crippen LogP contribution in [0.5, 0.6) is 11.5 Å². The van der Waals surface area contributed by atoms with Crippen molar-refractivity contribution in [2.24, 2.45) is 7.05 Å². The highest BCUT2D eigenvalue weighted by atomic mass is 32.2. The molecule has 0 spiro atoms. The fraction of sp³-hybridized carbons (Fsp3) is 0.421. The Morgan fingerprint density at radius 1 is 1.30 bits per heavy atom. The molecule has 1 amide bonds. The maximum atomic E-state index is 12.9. The minimum absolute atomic E-state index is 0.148. The van der Waals surface area contributed by atoms with Crippen molar-refractivity contribution < 1.29 is 14.3 Å². The summed E-state index contributed by atoms with van der Waals surface area (Å²) in [6, 6.07) is 5.38. The number of thioether (sulfide) groups is 1. The van der Waals surface area contributed by atoms with Crippen molar-refractivity contribution >= 4 is 23.5 Å². The van der Waals surface area contributed by atoms with Gasteiger partial charge in [-0.1, -0.05) is 18.7 Å². The number of aromatic nitrogens is 2. The van der Waals surface area contributed by atoms with Gasteiger partial charge in [0.1, 0.15) is 17.3 Å². The van der Waals surface area contributed by atoms with Gasteiger partial charge in [-0.3, -0.25) is 9.59 Å². The lowest BCUT2D eigenvalue weighted by Crippen LogP contribution is -2.33. The molecular weight excluding hydrogens is 366 g/mol. The Bertz CT molecular complexity index is 926. The number of hydrogen-bond acceptors (Lipinski definition) is 6. The highest BCUT2D eigenvalue weighted by Gasteiger charge is 2.34. The predicted molar refractivity (Wildman–Crippen MR) is 105 cm³/mol. The van der Waals surface area contributed by atoms with Crippen LogP contribution < -0.4 is 20.3 Å². The summed E-state index contributed by atoms with van der Waals surface area (Å²) < 4.78 is 12.6.